The van der Waals surface area contributed by atoms with Gasteiger partial charge in [-0.25, -0.2) is 0 Å². The van der Waals surface area contributed by atoms with E-state index in [2.05, 4.69) is 15.5 Å². The van der Waals surface area contributed by atoms with Crippen molar-refractivity contribution in [1.29, 1.82) is 0 Å². The average Bonchev–Trinajstić information content (AvgIpc) is 3.11. The molecule has 6 nitrogen and oxygen atoms in total. The lowest BCUT2D eigenvalue weighted by atomic mass is 10.1. The van der Waals surface area contributed by atoms with Crippen LogP contribution in [0.3, 0.4) is 0 Å². The minimum Gasteiger partial charge on any atom is -0.497 e. The third-order valence-electron chi connectivity index (χ3n) is 3.65. The van der Waals surface area contributed by atoms with Gasteiger partial charge in [-0.1, -0.05) is 22.8 Å². The first-order chi connectivity index (χ1) is 12.1. The van der Waals surface area contributed by atoms with E-state index in [0.717, 1.165) is 16.9 Å². The van der Waals surface area contributed by atoms with E-state index in [9.17, 15) is 4.79 Å². The molecule has 0 aliphatic rings. The Morgan fingerprint density at radius 2 is 2.00 bits per heavy atom. The van der Waals surface area contributed by atoms with Gasteiger partial charge in [-0.15, -0.1) is 0 Å². The lowest BCUT2D eigenvalue weighted by Crippen LogP contribution is -2.22. The Morgan fingerprint density at radius 1 is 1.24 bits per heavy atom. The number of carbonyl (C=O) groups excluding carboxylic acids is 1. The molecule has 0 saturated heterocycles. The highest BCUT2D eigenvalue weighted by atomic mass is 35.5. The van der Waals surface area contributed by atoms with Crippen molar-refractivity contribution in [3.8, 4) is 17.1 Å². The van der Waals surface area contributed by atoms with Gasteiger partial charge in [-0.2, -0.15) is 4.98 Å². The molecule has 3 aromatic rings. The average molecular weight is 358 g/mol. The van der Waals surface area contributed by atoms with Crippen LogP contribution in [0.15, 0.2) is 47.0 Å². The van der Waals surface area contributed by atoms with Crippen LogP contribution in [0.1, 0.15) is 21.8 Å². The molecule has 25 heavy (non-hydrogen) atoms. The van der Waals surface area contributed by atoms with E-state index in [0.29, 0.717) is 22.3 Å². The normalized spacial score (nSPS) is 10.5. The van der Waals surface area contributed by atoms with E-state index in [1.807, 2.05) is 31.2 Å². The maximum Gasteiger partial charge on any atom is 0.251 e. The summed E-state index contributed by atoms with van der Waals surface area (Å²) in [7, 11) is 1.60. The van der Waals surface area contributed by atoms with Gasteiger partial charge in [0.15, 0.2) is 0 Å². The van der Waals surface area contributed by atoms with Crippen molar-refractivity contribution in [2.75, 3.05) is 7.11 Å². The number of nitrogens with zero attached hydrogens (tertiary/aromatic N) is 2. The van der Waals surface area contributed by atoms with Gasteiger partial charge in [0.25, 0.3) is 5.91 Å². The van der Waals surface area contributed by atoms with Crippen molar-refractivity contribution in [3.63, 3.8) is 0 Å². The molecule has 3 rings (SSSR count). The van der Waals surface area contributed by atoms with Crippen molar-refractivity contribution in [3.05, 3.63) is 64.5 Å². The number of rotatable bonds is 5. The van der Waals surface area contributed by atoms with E-state index in [1.54, 1.807) is 25.3 Å². The molecule has 128 valence electrons. The molecule has 2 aromatic carbocycles. The van der Waals surface area contributed by atoms with Crippen LogP contribution in [-0.2, 0) is 6.54 Å². The first-order valence-electron chi connectivity index (χ1n) is 7.58. The summed E-state index contributed by atoms with van der Waals surface area (Å²) in [4.78, 5) is 16.4. The predicted molar refractivity (Wildman–Crippen MR) is 93.6 cm³/mol. The Labute approximate surface area is 149 Å². The molecule has 0 fully saturated rings. The van der Waals surface area contributed by atoms with Crippen LogP contribution in [0.5, 0.6) is 5.75 Å². The van der Waals surface area contributed by atoms with Crippen LogP contribution in [0, 0.1) is 6.92 Å². The Hall–Kier alpha value is -2.86. The number of amides is 1. The second-order valence-electron chi connectivity index (χ2n) is 5.39. The van der Waals surface area contributed by atoms with Gasteiger partial charge in [-0.3, -0.25) is 4.79 Å². The number of halogens is 1. The van der Waals surface area contributed by atoms with Crippen molar-refractivity contribution < 1.29 is 14.1 Å². The fourth-order valence-electron chi connectivity index (χ4n) is 2.18. The summed E-state index contributed by atoms with van der Waals surface area (Å²) in [5.41, 5.74) is 2.19. The number of carbonyl (C=O) groups is 1. The molecular weight excluding hydrogens is 342 g/mol. The van der Waals surface area contributed by atoms with Crippen LogP contribution in [0.2, 0.25) is 5.02 Å². The van der Waals surface area contributed by atoms with E-state index in [-0.39, 0.29) is 12.5 Å². The molecule has 1 amide bonds. The summed E-state index contributed by atoms with van der Waals surface area (Å²) in [6.45, 7) is 2.01. The van der Waals surface area contributed by atoms with Crippen LogP contribution in [0.4, 0.5) is 0 Å². The van der Waals surface area contributed by atoms with Crippen molar-refractivity contribution >= 4 is 17.5 Å². The smallest absolute Gasteiger partial charge is 0.251 e. The number of hydrogen-bond acceptors (Lipinski definition) is 5. The zero-order valence-corrected chi connectivity index (χ0v) is 14.5. The summed E-state index contributed by atoms with van der Waals surface area (Å²) in [5.74, 6) is 1.25. The Balaban J connectivity index is 1.64. The van der Waals surface area contributed by atoms with Crippen molar-refractivity contribution in [2.45, 2.75) is 13.5 Å². The molecule has 1 aromatic heterocycles. The maximum atomic E-state index is 12.2. The van der Waals surface area contributed by atoms with E-state index in [4.69, 9.17) is 20.9 Å². The lowest BCUT2D eigenvalue weighted by Gasteiger charge is -2.04. The second kappa shape index (κ2) is 7.36. The van der Waals surface area contributed by atoms with Crippen LogP contribution < -0.4 is 10.1 Å². The molecule has 0 atom stereocenters. The zero-order chi connectivity index (χ0) is 17.8. The third-order valence-corrected chi connectivity index (χ3v) is 4.06. The van der Waals surface area contributed by atoms with Crippen LogP contribution in [-0.4, -0.2) is 23.2 Å². The molecule has 1 N–H and O–H groups in total. The third kappa shape index (κ3) is 3.97. The van der Waals surface area contributed by atoms with Crippen molar-refractivity contribution in [2.24, 2.45) is 0 Å². The number of benzene rings is 2. The topological polar surface area (TPSA) is 77.3 Å². The Bertz CT molecular complexity index is 891. The predicted octanol–water partition coefficient (Wildman–Crippen LogP) is 3.64. The van der Waals surface area contributed by atoms with Gasteiger partial charge >= 0.3 is 0 Å². The summed E-state index contributed by atoms with van der Waals surface area (Å²) in [6.07, 6.45) is 0. The highest BCUT2D eigenvalue weighted by Gasteiger charge is 2.12. The summed E-state index contributed by atoms with van der Waals surface area (Å²) >= 11 is 6.04. The fraction of sp³-hybridized carbons (Fsp3) is 0.167. The number of nitrogens with one attached hydrogen (secondary N) is 1. The van der Waals surface area contributed by atoms with Gasteiger partial charge < -0.3 is 14.6 Å². The first kappa shape index (κ1) is 17.0. The van der Waals surface area contributed by atoms with Gasteiger partial charge in [0, 0.05) is 16.1 Å². The van der Waals surface area contributed by atoms with E-state index >= 15 is 0 Å². The Kier molecular flexibility index (Phi) is 5.00. The molecule has 0 aliphatic heterocycles. The summed E-state index contributed by atoms with van der Waals surface area (Å²) < 4.78 is 10.3. The Morgan fingerprint density at radius 3 is 2.68 bits per heavy atom. The SMILES string of the molecule is COc1ccc(-c2noc(CNC(=O)c3ccc(C)c(Cl)c3)n2)cc1. The minimum atomic E-state index is -0.258. The van der Waals surface area contributed by atoms with Crippen LogP contribution >= 0.6 is 11.6 Å². The number of aromatic nitrogens is 2. The molecule has 0 radical (unpaired) electrons. The van der Waals surface area contributed by atoms with E-state index < -0.39 is 0 Å². The number of methoxy groups -OCH3 is 1. The molecule has 0 unspecified atom stereocenters. The molecule has 0 aliphatic carbocycles. The van der Waals surface area contributed by atoms with Gasteiger partial charge in [0.2, 0.25) is 11.7 Å². The maximum absolute atomic E-state index is 12.2. The van der Waals surface area contributed by atoms with Crippen LogP contribution in [0.25, 0.3) is 11.4 Å². The molecule has 1 heterocycles. The van der Waals surface area contributed by atoms with Gasteiger partial charge in [0.1, 0.15) is 5.75 Å². The van der Waals surface area contributed by atoms with Gasteiger partial charge in [-0.05, 0) is 48.9 Å². The number of hydrogen-bond donors (Lipinski definition) is 1. The van der Waals surface area contributed by atoms with Crippen molar-refractivity contribution in [1.82, 2.24) is 15.5 Å². The standard InChI is InChI=1S/C18H16ClN3O3/c1-11-3-4-13(9-15(11)19)18(23)20-10-16-21-17(22-25-16)12-5-7-14(24-2)8-6-12/h3-9H,10H2,1-2H3,(H,20,23). The molecule has 0 spiro atoms. The quantitative estimate of drug-likeness (QED) is 0.754. The summed E-state index contributed by atoms with van der Waals surface area (Å²) in [6, 6.07) is 12.4. The first-order valence-corrected chi connectivity index (χ1v) is 7.96. The fourth-order valence-corrected chi connectivity index (χ4v) is 2.36. The number of ether oxygens (including phenoxy) is 1. The van der Waals surface area contributed by atoms with Gasteiger partial charge in [0.05, 0.1) is 13.7 Å². The largest absolute Gasteiger partial charge is 0.497 e. The minimum absolute atomic E-state index is 0.132. The molecule has 0 bridgehead atoms. The number of aryl methyl sites for hydroxylation is 1. The summed E-state index contributed by atoms with van der Waals surface area (Å²) in [5, 5.41) is 7.20. The second-order valence-corrected chi connectivity index (χ2v) is 5.79. The zero-order valence-electron chi connectivity index (χ0n) is 13.7. The molecular formula is C18H16ClN3O3. The highest BCUT2D eigenvalue weighted by Crippen LogP contribution is 2.20. The van der Waals surface area contributed by atoms with E-state index in [1.165, 1.54) is 0 Å². The highest BCUT2D eigenvalue weighted by molar-refractivity contribution is 6.31. The monoisotopic (exact) mass is 357 g/mol. The molecule has 0 saturated carbocycles. The lowest BCUT2D eigenvalue weighted by molar-refractivity contribution is 0.0946. The molecule has 7 heteroatoms.